The fourth-order valence-corrected chi connectivity index (χ4v) is 3.35. The first-order chi connectivity index (χ1) is 9.81. The molecule has 0 aliphatic carbocycles. The summed E-state index contributed by atoms with van der Waals surface area (Å²) in [6.45, 7) is -0.0600. The van der Waals surface area contributed by atoms with Crippen LogP contribution in [0.1, 0.15) is 5.82 Å². The van der Waals surface area contributed by atoms with Gasteiger partial charge in [0.05, 0.1) is 11.5 Å². The number of benzene rings is 1. The van der Waals surface area contributed by atoms with Crippen LogP contribution >= 0.6 is 15.9 Å². The molecule has 1 heterocycles. The highest BCUT2D eigenvalue weighted by atomic mass is 79.9. The number of nitro groups is 1. The molecule has 112 valence electrons. The Labute approximate surface area is 129 Å². The molecule has 0 saturated carbocycles. The van der Waals surface area contributed by atoms with E-state index in [2.05, 4.69) is 25.6 Å². The number of imidazole rings is 1. The molecule has 0 bridgehead atoms. The van der Waals surface area contributed by atoms with Crippen LogP contribution in [0.4, 0.5) is 5.69 Å². The molecule has 8 nitrogen and oxygen atoms in total. The van der Waals surface area contributed by atoms with E-state index in [1.807, 2.05) is 0 Å². The number of aryl methyl sites for hydroxylation is 1. The first-order valence-corrected chi connectivity index (χ1v) is 7.98. The Morgan fingerprint density at radius 1 is 1.48 bits per heavy atom. The van der Waals surface area contributed by atoms with Crippen molar-refractivity contribution >= 4 is 31.6 Å². The minimum absolute atomic E-state index is 0.0600. The van der Waals surface area contributed by atoms with E-state index in [-0.39, 0.29) is 6.54 Å². The summed E-state index contributed by atoms with van der Waals surface area (Å²) in [6.07, 6.45) is 3.20. The SMILES string of the molecule is Cn1ccnc1CNS(=O)(=O)c1cc(Br)ccc1[N+](=O)[O-]. The lowest BCUT2D eigenvalue weighted by Gasteiger charge is -2.08. The van der Waals surface area contributed by atoms with E-state index in [1.54, 1.807) is 17.8 Å². The highest BCUT2D eigenvalue weighted by Gasteiger charge is 2.26. The maximum atomic E-state index is 12.2. The Bertz CT molecular complexity index is 787. The second-order valence-corrected chi connectivity index (χ2v) is 6.80. The number of nitrogens with zero attached hydrogens (tertiary/aromatic N) is 3. The van der Waals surface area contributed by atoms with Crippen molar-refractivity contribution in [1.29, 1.82) is 0 Å². The van der Waals surface area contributed by atoms with Crippen molar-refractivity contribution in [2.24, 2.45) is 7.05 Å². The largest absolute Gasteiger partial charge is 0.337 e. The van der Waals surface area contributed by atoms with Gasteiger partial charge < -0.3 is 4.57 Å². The van der Waals surface area contributed by atoms with Crippen molar-refractivity contribution in [3.63, 3.8) is 0 Å². The van der Waals surface area contributed by atoms with Gasteiger partial charge in [-0.3, -0.25) is 10.1 Å². The van der Waals surface area contributed by atoms with Gasteiger partial charge in [-0.1, -0.05) is 15.9 Å². The van der Waals surface area contributed by atoms with Gasteiger partial charge in [0.2, 0.25) is 10.0 Å². The highest BCUT2D eigenvalue weighted by molar-refractivity contribution is 9.10. The predicted molar refractivity (Wildman–Crippen MR) is 78.0 cm³/mol. The van der Waals surface area contributed by atoms with E-state index >= 15 is 0 Å². The van der Waals surface area contributed by atoms with Crippen LogP contribution in [0.5, 0.6) is 0 Å². The summed E-state index contributed by atoms with van der Waals surface area (Å²) in [4.78, 5) is 13.8. The third-order valence-corrected chi connectivity index (χ3v) is 4.67. The average Bonchev–Trinajstić information content (AvgIpc) is 2.81. The van der Waals surface area contributed by atoms with Crippen LogP contribution in [0.15, 0.2) is 40.0 Å². The molecule has 0 saturated heterocycles. The monoisotopic (exact) mass is 374 g/mol. The van der Waals surface area contributed by atoms with E-state index in [0.717, 1.165) is 6.07 Å². The number of sulfonamides is 1. The molecule has 0 fully saturated rings. The van der Waals surface area contributed by atoms with Crippen LogP contribution in [-0.2, 0) is 23.6 Å². The molecule has 10 heteroatoms. The molecule has 2 aromatic rings. The van der Waals surface area contributed by atoms with Gasteiger partial charge >= 0.3 is 0 Å². The third-order valence-electron chi connectivity index (χ3n) is 2.75. The Morgan fingerprint density at radius 3 is 2.76 bits per heavy atom. The minimum Gasteiger partial charge on any atom is -0.337 e. The first-order valence-electron chi connectivity index (χ1n) is 5.71. The van der Waals surface area contributed by atoms with Gasteiger partial charge in [-0.15, -0.1) is 0 Å². The molecule has 21 heavy (non-hydrogen) atoms. The second-order valence-electron chi connectivity index (χ2n) is 4.15. The molecule has 0 aliphatic rings. The normalized spacial score (nSPS) is 11.5. The summed E-state index contributed by atoms with van der Waals surface area (Å²) >= 11 is 3.11. The van der Waals surface area contributed by atoms with Crippen molar-refractivity contribution < 1.29 is 13.3 Å². The second kappa shape index (κ2) is 5.92. The molecule has 0 atom stereocenters. The molecule has 1 aromatic carbocycles. The van der Waals surface area contributed by atoms with Gasteiger partial charge in [-0.25, -0.2) is 18.1 Å². The van der Waals surface area contributed by atoms with Gasteiger partial charge in [-0.2, -0.15) is 0 Å². The van der Waals surface area contributed by atoms with Crippen LogP contribution < -0.4 is 4.72 Å². The summed E-state index contributed by atoms with van der Waals surface area (Å²) in [5, 5.41) is 10.9. The molecule has 0 radical (unpaired) electrons. The van der Waals surface area contributed by atoms with Crippen molar-refractivity contribution in [3.05, 3.63) is 51.0 Å². The molecule has 1 aromatic heterocycles. The maximum Gasteiger partial charge on any atom is 0.289 e. The number of nitro benzene ring substituents is 1. The molecule has 2 rings (SSSR count). The number of rotatable bonds is 5. The fraction of sp³-hybridized carbons (Fsp3) is 0.182. The molecule has 0 spiro atoms. The zero-order valence-corrected chi connectivity index (χ0v) is 13.3. The van der Waals surface area contributed by atoms with E-state index in [9.17, 15) is 18.5 Å². The molecule has 0 unspecified atom stereocenters. The number of hydrogen-bond donors (Lipinski definition) is 1. The van der Waals surface area contributed by atoms with Crippen LogP contribution in [0.2, 0.25) is 0 Å². The summed E-state index contributed by atoms with van der Waals surface area (Å²) < 4.78 is 28.9. The van der Waals surface area contributed by atoms with E-state index < -0.39 is 25.5 Å². The topological polar surface area (TPSA) is 107 Å². The number of aromatic nitrogens is 2. The van der Waals surface area contributed by atoms with Gasteiger partial charge in [-0.05, 0) is 12.1 Å². The number of nitrogens with one attached hydrogen (secondary N) is 1. The number of hydrogen-bond acceptors (Lipinski definition) is 5. The average molecular weight is 375 g/mol. The minimum atomic E-state index is -4.03. The summed E-state index contributed by atoms with van der Waals surface area (Å²) in [5.74, 6) is 0.497. The molecular weight excluding hydrogens is 364 g/mol. The zero-order chi connectivity index (χ0) is 15.6. The van der Waals surface area contributed by atoms with Gasteiger partial charge in [0, 0.05) is 30.0 Å². The summed E-state index contributed by atoms with van der Waals surface area (Å²) in [6, 6.07) is 3.74. The molecular formula is C11H11BrN4O4S. The lowest BCUT2D eigenvalue weighted by molar-refractivity contribution is -0.387. The Kier molecular flexibility index (Phi) is 4.40. The van der Waals surface area contributed by atoms with Gasteiger partial charge in [0.25, 0.3) is 5.69 Å². The first kappa shape index (κ1) is 15.6. The smallest absolute Gasteiger partial charge is 0.289 e. The van der Waals surface area contributed by atoms with Gasteiger partial charge in [0.1, 0.15) is 5.82 Å². The summed E-state index contributed by atoms with van der Waals surface area (Å²) in [5.41, 5.74) is -0.481. The maximum absolute atomic E-state index is 12.2. The Hall–Kier alpha value is -1.78. The number of halogens is 1. The predicted octanol–water partition coefficient (Wildman–Crippen LogP) is 1.57. The Morgan fingerprint density at radius 2 is 2.19 bits per heavy atom. The van der Waals surface area contributed by atoms with Crippen molar-refractivity contribution in [1.82, 2.24) is 14.3 Å². The third kappa shape index (κ3) is 3.46. The van der Waals surface area contributed by atoms with Crippen molar-refractivity contribution in [2.75, 3.05) is 0 Å². The zero-order valence-electron chi connectivity index (χ0n) is 10.9. The Balaban J connectivity index is 2.33. The lowest BCUT2D eigenvalue weighted by Crippen LogP contribution is -2.25. The van der Waals surface area contributed by atoms with Crippen LogP contribution in [0, 0.1) is 10.1 Å². The standard InChI is InChI=1S/C11H11BrN4O4S/c1-15-5-4-13-11(15)7-14-21(19,20)10-6-8(12)2-3-9(10)16(17)18/h2-6,14H,7H2,1H3. The quantitative estimate of drug-likeness (QED) is 0.631. The van der Waals surface area contributed by atoms with Gasteiger partial charge in [0.15, 0.2) is 4.90 Å². The van der Waals surface area contributed by atoms with Crippen molar-refractivity contribution in [2.45, 2.75) is 11.4 Å². The van der Waals surface area contributed by atoms with Crippen molar-refractivity contribution in [3.8, 4) is 0 Å². The summed E-state index contributed by atoms with van der Waals surface area (Å²) in [7, 11) is -2.31. The van der Waals surface area contributed by atoms with Crippen LogP contribution in [0.3, 0.4) is 0 Å². The molecule has 0 amide bonds. The highest BCUT2D eigenvalue weighted by Crippen LogP contribution is 2.27. The van der Waals surface area contributed by atoms with E-state index in [1.165, 1.54) is 18.3 Å². The molecule has 0 aliphatic heterocycles. The lowest BCUT2D eigenvalue weighted by atomic mass is 10.3. The van der Waals surface area contributed by atoms with E-state index in [4.69, 9.17) is 0 Å². The fourth-order valence-electron chi connectivity index (χ4n) is 1.66. The van der Waals surface area contributed by atoms with Crippen LogP contribution in [0.25, 0.3) is 0 Å². The van der Waals surface area contributed by atoms with E-state index in [0.29, 0.717) is 10.3 Å². The van der Waals surface area contributed by atoms with Crippen LogP contribution in [-0.4, -0.2) is 22.9 Å². The molecule has 1 N–H and O–H groups in total.